The van der Waals surface area contributed by atoms with Crippen LogP contribution in [0.25, 0.3) is 0 Å². The first-order valence-electron chi connectivity index (χ1n) is 8.16. The summed E-state index contributed by atoms with van der Waals surface area (Å²) in [6.07, 6.45) is 0. The van der Waals surface area contributed by atoms with Gasteiger partial charge in [-0.25, -0.2) is 0 Å². The maximum Gasteiger partial charge on any atom is 0.239 e. The zero-order valence-electron chi connectivity index (χ0n) is 14.3. The molecule has 0 spiro atoms. The van der Waals surface area contributed by atoms with Crippen molar-refractivity contribution >= 4 is 22.4 Å². The van der Waals surface area contributed by atoms with Crippen LogP contribution in [0.15, 0.2) is 42.5 Å². The molecule has 0 radical (unpaired) electrons. The van der Waals surface area contributed by atoms with Crippen molar-refractivity contribution in [1.82, 2.24) is 0 Å². The fraction of sp³-hybridized carbons (Fsp3) is 0.316. The van der Waals surface area contributed by atoms with Gasteiger partial charge in [0.15, 0.2) is 11.5 Å². The normalized spacial score (nSPS) is 15.3. The van der Waals surface area contributed by atoms with Gasteiger partial charge in [-0.15, -0.1) is 0 Å². The third kappa shape index (κ3) is 4.39. The van der Waals surface area contributed by atoms with Gasteiger partial charge in [0.1, 0.15) is 18.5 Å². The van der Waals surface area contributed by atoms with Crippen molar-refractivity contribution in [2.24, 2.45) is 0 Å². The number of ether oxygens (including phenoxy) is 2. The van der Waals surface area contributed by atoms with Crippen LogP contribution < -0.4 is 14.8 Å². The van der Waals surface area contributed by atoms with E-state index in [2.05, 4.69) is 5.32 Å². The molecule has 1 N–H and O–H groups in total. The fourth-order valence-electron chi connectivity index (χ4n) is 2.58. The standard InChI is InChI=1S/C19H21NO4S/c1-13-4-3-5-15(10-13)12-25(22)14(2)19(21)20-16-6-7-17-18(11-16)24-9-8-23-17/h3-7,10-11,14H,8-9,12H2,1-2H3,(H,20,21). The third-order valence-electron chi connectivity index (χ3n) is 3.96. The fourth-order valence-corrected chi connectivity index (χ4v) is 3.63. The summed E-state index contributed by atoms with van der Waals surface area (Å²) in [5.74, 6) is 1.36. The number of hydrogen-bond acceptors (Lipinski definition) is 4. The van der Waals surface area contributed by atoms with Crippen LogP contribution >= 0.6 is 0 Å². The Morgan fingerprint density at radius 2 is 1.92 bits per heavy atom. The largest absolute Gasteiger partial charge is 0.486 e. The summed E-state index contributed by atoms with van der Waals surface area (Å²) in [4.78, 5) is 12.4. The van der Waals surface area contributed by atoms with Crippen LogP contribution in [0.4, 0.5) is 5.69 Å². The summed E-state index contributed by atoms with van der Waals surface area (Å²) >= 11 is 0. The highest BCUT2D eigenvalue weighted by Gasteiger charge is 2.21. The first-order valence-corrected chi connectivity index (χ1v) is 9.54. The Hall–Kier alpha value is -2.34. The topological polar surface area (TPSA) is 64.6 Å². The Kier molecular flexibility index (Phi) is 5.38. The number of carbonyl (C=O) groups is 1. The van der Waals surface area contributed by atoms with E-state index in [1.54, 1.807) is 25.1 Å². The maximum absolute atomic E-state index is 12.5. The number of aryl methyl sites for hydroxylation is 1. The van der Waals surface area contributed by atoms with Crippen LogP contribution in [0.3, 0.4) is 0 Å². The molecule has 1 aliphatic heterocycles. The summed E-state index contributed by atoms with van der Waals surface area (Å²) in [5, 5.41) is 2.19. The van der Waals surface area contributed by atoms with Crippen molar-refractivity contribution in [3.8, 4) is 11.5 Å². The molecule has 6 heteroatoms. The maximum atomic E-state index is 12.5. The molecule has 2 aromatic rings. The minimum Gasteiger partial charge on any atom is -0.486 e. The molecule has 0 aliphatic carbocycles. The third-order valence-corrected chi connectivity index (χ3v) is 5.59. The molecule has 0 saturated carbocycles. The van der Waals surface area contributed by atoms with Gasteiger partial charge in [0.2, 0.25) is 5.91 Å². The van der Waals surface area contributed by atoms with Crippen LogP contribution in [-0.2, 0) is 21.3 Å². The molecule has 1 amide bonds. The average Bonchev–Trinajstić information content (AvgIpc) is 2.61. The van der Waals surface area contributed by atoms with Gasteiger partial charge in [-0.05, 0) is 31.5 Å². The molecule has 0 bridgehead atoms. The predicted molar refractivity (Wildman–Crippen MR) is 98.5 cm³/mol. The quantitative estimate of drug-likeness (QED) is 0.891. The lowest BCUT2D eigenvalue weighted by atomic mass is 10.2. The van der Waals surface area contributed by atoms with Gasteiger partial charge in [-0.1, -0.05) is 29.8 Å². The monoisotopic (exact) mass is 359 g/mol. The number of anilines is 1. The summed E-state index contributed by atoms with van der Waals surface area (Å²) in [6, 6.07) is 13.1. The Bertz CT molecular complexity index is 806. The van der Waals surface area contributed by atoms with Crippen molar-refractivity contribution in [2.75, 3.05) is 18.5 Å². The molecule has 25 heavy (non-hydrogen) atoms. The molecule has 2 aromatic carbocycles. The Balaban J connectivity index is 1.63. The molecule has 5 nitrogen and oxygen atoms in total. The van der Waals surface area contributed by atoms with Crippen LogP contribution in [0.5, 0.6) is 11.5 Å². The van der Waals surface area contributed by atoms with Gasteiger partial charge in [0.25, 0.3) is 0 Å². The Labute approximate surface area is 149 Å². The minimum absolute atomic E-state index is 0.275. The van der Waals surface area contributed by atoms with Gasteiger partial charge < -0.3 is 14.8 Å². The van der Waals surface area contributed by atoms with E-state index in [4.69, 9.17) is 9.47 Å². The van der Waals surface area contributed by atoms with E-state index in [-0.39, 0.29) is 5.91 Å². The SMILES string of the molecule is Cc1cccc(CS(=O)C(C)C(=O)Nc2ccc3c(c2)OCCO3)c1. The van der Waals surface area contributed by atoms with Crippen molar-refractivity contribution in [1.29, 1.82) is 0 Å². The molecule has 2 unspecified atom stereocenters. The highest BCUT2D eigenvalue weighted by atomic mass is 32.2. The first kappa shape index (κ1) is 17.5. The van der Waals surface area contributed by atoms with Crippen molar-refractivity contribution in [2.45, 2.75) is 24.9 Å². The second kappa shape index (κ2) is 7.70. The van der Waals surface area contributed by atoms with Crippen molar-refractivity contribution in [3.05, 3.63) is 53.6 Å². The van der Waals surface area contributed by atoms with E-state index in [9.17, 15) is 9.00 Å². The molecule has 1 aliphatic rings. The van der Waals surface area contributed by atoms with E-state index in [0.717, 1.165) is 11.1 Å². The molecule has 1 heterocycles. The van der Waals surface area contributed by atoms with E-state index >= 15 is 0 Å². The molecular weight excluding hydrogens is 338 g/mol. The van der Waals surface area contributed by atoms with Gasteiger partial charge in [-0.2, -0.15) is 0 Å². The van der Waals surface area contributed by atoms with E-state index in [1.165, 1.54) is 0 Å². The number of nitrogens with one attached hydrogen (secondary N) is 1. The molecule has 132 valence electrons. The van der Waals surface area contributed by atoms with Crippen LogP contribution in [0, 0.1) is 6.92 Å². The molecular formula is C19H21NO4S. The smallest absolute Gasteiger partial charge is 0.239 e. The average molecular weight is 359 g/mol. The first-order chi connectivity index (χ1) is 12.0. The van der Waals surface area contributed by atoms with Crippen LogP contribution in [0.1, 0.15) is 18.1 Å². The number of hydrogen-bond donors (Lipinski definition) is 1. The van der Waals surface area contributed by atoms with Crippen molar-refractivity contribution in [3.63, 3.8) is 0 Å². The van der Waals surface area contributed by atoms with E-state index in [0.29, 0.717) is 36.2 Å². The van der Waals surface area contributed by atoms with E-state index in [1.807, 2.05) is 31.2 Å². The lowest BCUT2D eigenvalue weighted by Gasteiger charge is -2.19. The van der Waals surface area contributed by atoms with Gasteiger partial charge in [-0.3, -0.25) is 9.00 Å². The number of benzene rings is 2. The molecule has 2 atom stereocenters. The lowest BCUT2D eigenvalue weighted by Crippen LogP contribution is -2.29. The predicted octanol–water partition coefficient (Wildman–Crippen LogP) is 3.04. The molecule has 0 fully saturated rings. The van der Waals surface area contributed by atoms with Gasteiger partial charge in [0.05, 0.1) is 0 Å². The summed E-state index contributed by atoms with van der Waals surface area (Å²) in [6.45, 7) is 4.68. The Morgan fingerprint density at radius 1 is 1.16 bits per heavy atom. The molecule has 0 aromatic heterocycles. The summed E-state index contributed by atoms with van der Waals surface area (Å²) < 4.78 is 23.5. The molecule has 0 saturated heterocycles. The number of rotatable bonds is 5. The van der Waals surface area contributed by atoms with Crippen molar-refractivity contribution < 1.29 is 18.5 Å². The second-order valence-electron chi connectivity index (χ2n) is 6.00. The van der Waals surface area contributed by atoms with Gasteiger partial charge >= 0.3 is 0 Å². The lowest BCUT2D eigenvalue weighted by molar-refractivity contribution is -0.115. The van der Waals surface area contributed by atoms with E-state index < -0.39 is 16.0 Å². The summed E-state index contributed by atoms with van der Waals surface area (Å²) in [7, 11) is -1.30. The Morgan fingerprint density at radius 3 is 2.68 bits per heavy atom. The zero-order valence-corrected chi connectivity index (χ0v) is 15.1. The van der Waals surface area contributed by atoms with Gasteiger partial charge in [0, 0.05) is 28.3 Å². The highest BCUT2D eigenvalue weighted by Crippen LogP contribution is 2.32. The highest BCUT2D eigenvalue weighted by molar-refractivity contribution is 7.85. The molecule has 3 rings (SSSR count). The number of fused-ring (bicyclic) bond motifs is 1. The van der Waals surface area contributed by atoms with Crippen LogP contribution in [0.2, 0.25) is 0 Å². The zero-order chi connectivity index (χ0) is 17.8. The summed E-state index contributed by atoms with van der Waals surface area (Å²) in [5.41, 5.74) is 2.69. The number of carbonyl (C=O) groups excluding carboxylic acids is 1. The van der Waals surface area contributed by atoms with Crippen LogP contribution in [-0.4, -0.2) is 28.6 Å². The second-order valence-corrected chi connectivity index (χ2v) is 7.76. The number of amides is 1. The minimum atomic E-state index is -1.30.